The molecule has 2 aromatic rings. The molecule has 0 saturated carbocycles. The van der Waals surface area contributed by atoms with Gasteiger partial charge in [0.1, 0.15) is 5.69 Å². The average molecular weight is 344 g/mol. The van der Waals surface area contributed by atoms with Crippen LogP contribution in [0.2, 0.25) is 5.02 Å². The second-order valence-corrected chi connectivity index (χ2v) is 6.82. The Morgan fingerprint density at radius 3 is 2.67 bits per heavy atom. The number of hydrogen-bond donors (Lipinski definition) is 1. The average Bonchev–Trinajstić information content (AvgIpc) is 2.61. The minimum atomic E-state index is 0.0250. The highest BCUT2D eigenvalue weighted by Crippen LogP contribution is 2.19. The van der Waals surface area contributed by atoms with Crippen molar-refractivity contribution in [3.8, 4) is 0 Å². The van der Waals surface area contributed by atoms with E-state index in [9.17, 15) is 4.79 Å². The number of benzene rings is 1. The van der Waals surface area contributed by atoms with Crippen molar-refractivity contribution in [3.05, 3.63) is 58.9 Å². The van der Waals surface area contributed by atoms with Gasteiger partial charge in [-0.05, 0) is 48.6 Å². The molecule has 126 valence electrons. The molecule has 1 aromatic heterocycles. The number of hydrogen-bond acceptors (Lipinski definition) is 3. The van der Waals surface area contributed by atoms with Crippen molar-refractivity contribution < 1.29 is 4.79 Å². The third-order valence-corrected chi connectivity index (χ3v) is 4.71. The van der Waals surface area contributed by atoms with Crippen LogP contribution in [0.25, 0.3) is 0 Å². The summed E-state index contributed by atoms with van der Waals surface area (Å²) < 4.78 is 0. The van der Waals surface area contributed by atoms with E-state index in [2.05, 4.69) is 17.2 Å². The molecule has 1 saturated heterocycles. The third-order valence-electron chi connectivity index (χ3n) is 4.46. The molecule has 1 aliphatic rings. The number of halogens is 1. The van der Waals surface area contributed by atoms with E-state index in [1.54, 1.807) is 6.20 Å². The Labute approximate surface area is 147 Å². The zero-order chi connectivity index (χ0) is 16.9. The second kappa shape index (κ2) is 7.67. The number of amides is 1. The molecule has 2 heterocycles. The summed E-state index contributed by atoms with van der Waals surface area (Å²) in [7, 11) is 0. The van der Waals surface area contributed by atoms with Crippen LogP contribution in [0, 0.1) is 5.92 Å². The lowest BCUT2D eigenvalue weighted by Gasteiger charge is -2.30. The van der Waals surface area contributed by atoms with Crippen LogP contribution in [-0.4, -0.2) is 28.9 Å². The standard InChI is InChI=1S/C19H22ClN3O/c1-14-7-10-23(11-8-14)19(24)18-12-17(6-9-21-18)22-13-15-2-4-16(20)5-3-15/h2-6,9,12,14H,7-8,10-11,13H2,1H3,(H,21,22). The number of anilines is 1. The van der Waals surface area contributed by atoms with Gasteiger partial charge in [0.15, 0.2) is 0 Å². The van der Waals surface area contributed by atoms with Gasteiger partial charge in [0.05, 0.1) is 0 Å². The largest absolute Gasteiger partial charge is 0.381 e. The summed E-state index contributed by atoms with van der Waals surface area (Å²) >= 11 is 5.90. The van der Waals surface area contributed by atoms with Crippen LogP contribution in [0.3, 0.4) is 0 Å². The fourth-order valence-corrected chi connectivity index (χ4v) is 2.96. The van der Waals surface area contributed by atoms with Crippen LogP contribution < -0.4 is 5.32 Å². The molecule has 5 heteroatoms. The maximum Gasteiger partial charge on any atom is 0.272 e. The molecular formula is C19H22ClN3O. The molecule has 1 amide bonds. The van der Waals surface area contributed by atoms with Gasteiger partial charge in [0, 0.05) is 36.5 Å². The van der Waals surface area contributed by atoms with E-state index < -0.39 is 0 Å². The minimum absolute atomic E-state index is 0.0250. The lowest BCUT2D eigenvalue weighted by molar-refractivity contribution is 0.0691. The molecule has 0 spiro atoms. The van der Waals surface area contributed by atoms with Gasteiger partial charge in [-0.2, -0.15) is 0 Å². The number of pyridine rings is 1. The van der Waals surface area contributed by atoms with Crippen LogP contribution >= 0.6 is 11.6 Å². The summed E-state index contributed by atoms with van der Waals surface area (Å²) in [5.41, 5.74) is 2.54. The summed E-state index contributed by atoms with van der Waals surface area (Å²) in [5, 5.41) is 4.06. The van der Waals surface area contributed by atoms with E-state index in [4.69, 9.17) is 11.6 Å². The molecule has 1 aromatic carbocycles. The third kappa shape index (κ3) is 4.26. The summed E-state index contributed by atoms with van der Waals surface area (Å²) in [6.07, 6.45) is 3.82. The zero-order valence-electron chi connectivity index (χ0n) is 13.8. The zero-order valence-corrected chi connectivity index (χ0v) is 14.6. The fourth-order valence-electron chi connectivity index (χ4n) is 2.84. The first kappa shape index (κ1) is 16.8. The molecule has 0 unspecified atom stereocenters. The number of nitrogens with zero attached hydrogens (tertiary/aromatic N) is 2. The number of carbonyl (C=O) groups is 1. The van der Waals surface area contributed by atoms with Crippen molar-refractivity contribution >= 4 is 23.2 Å². The Hall–Kier alpha value is -2.07. The SMILES string of the molecule is CC1CCN(C(=O)c2cc(NCc3ccc(Cl)cc3)ccn2)CC1. The number of nitrogens with one attached hydrogen (secondary N) is 1. The maximum atomic E-state index is 12.6. The van der Waals surface area contributed by atoms with Crippen LogP contribution in [0.4, 0.5) is 5.69 Å². The van der Waals surface area contributed by atoms with Gasteiger partial charge in [-0.3, -0.25) is 9.78 Å². The first-order valence-corrected chi connectivity index (χ1v) is 8.73. The monoisotopic (exact) mass is 343 g/mol. The highest BCUT2D eigenvalue weighted by atomic mass is 35.5. The predicted octanol–water partition coefficient (Wildman–Crippen LogP) is 4.22. The molecule has 24 heavy (non-hydrogen) atoms. The molecule has 0 aliphatic carbocycles. The summed E-state index contributed by atoms with van der Waals surface area (Å²) in [6, 6.07) is 11.4. The number of piperidine rings is 1. The first-order valence-electron chi connectivity index (χ1n) is 8.35. The lowest BCUT2D eigenvalue weighted by atomic mass is 9.99. The predicted molar refractivity (Wildman–Crippen MR) is 97.3 cm³/mol. The van der Waals surface area contributed by atoms with Crippen molar-refractivity contribution in [3.63, 3.8) is 0 Å². The number of carbonyl (C=O) groups excluding carboxylic acids is 1. The second-order valence-electron chi connectivity index (χ2n) is 6.38. The Bertz CT molecular complexity index is 694. The summed E-state index contributed by atoms with van der Waals surface area (Å²) in [4.78, 5) is 18.8. The number of aromatic nitrogens is 1. The van der Waals surface area contributed by atoms with Gasteiger partial charge < -0.3 is 10.2 Å². The Morgan fingerprint density at radius 1 is 1.25 bits per heavy atom. The topological polar surface area (TPSA) is 45.2 Å². The molecular weight excluding hydrogens is 322 g/mol. The Kier molecular flexibility index (Phi) is 5.36. The number of rotatable bonds is 4. The van der Waals surface area contributed by atoms with Crippen molar-refractivity contribution in [2.45, 2.75) is 26.3 Å². The summed E-state index contributed by atoms with van der Waals surface area (Å²) in [5.74, 6) is 0.728. The molecule has 3 rings (SSSR count). The van der Waals surface area contributed by atoms with Gasteiger partial charge in [-0.25, -0.2) is 0 Å². The van der Waals surface area contributed by atoms with Gasteiger partial charge in [-0.15, -0.1) is 0 Å². The first-order chi connectivity index (χ1) is 11.6. The number of likely N-dealkylation sites (tertiary alicyclic amines) is 1. The maximum absolute atomic E-state index is 12.6. The van der Waals surface area contributed by atoms with E-state index in [0.717, 1.165) is 42.2 Å². The van der Waals surface area contributed by atoms with Gasteiger partial charge in [-0.1, -0.05) is 30.7 Å². The smallest absolute Gasteiger partial charge is 0.272 e. The van der Waals surface area contributed by atoms with Crippen molar-refractivity contribution in [1.29, 1.82) is 0 Å². The molecule has 0 bridgehead atoms. The molecule has 0 radical (unpaired) electrons. The van der Waals surface area contributed by atoms with Crippen molar-refractivity contribution in [2.24, 2.45) is 5.92 Å². The highest BCUT2D eigenvalue weighted by Gasteiger charge is 2.22. The van der Waals surface area contributed by atoms with Gasteiger partial charge >= 0.3 is 0 Å². The molecule has 4 nitrogen and oxygen atoms in total. The molecule has 1 N–H and O–H groups in total. The Morgan fingerprint density at radius 2 is 1.96 bits per heavy atom. The van der Waals surface area contributed by atoms with Crippen LogP contribution in [-0.2, 0) is 6.54 Å². The summed E-state index contributed by atoms with van der Waals surface area (Å²) in [6.45, 7) is 4.56. The van der Waals surface area contributed by atoms with E-state index in [1.165, 1.54) is 0 Å². The normalized spacial score (nSPS) is 15.3. The van der Waals surface area contributed by atoms with E-state index in [-0.39, 0.29) is 5.91 Å². The van der Waals surface area contributed by atoms with Crippen molar-refractivity contribution in [1.82, 2.24) is 9.88 Å². The van der Waals surface area contributed by atoms with Crippen LogP contribution in [0.1, 0.15) is 35.8 Å². The quantitative estimate of drug-likeness (QED) is 0.904. The fraction of sp³-hybridized carbons (Fsp3) is 0.368. The van der Waals surface area contributed by atoms with Gasteiger partial charge in [0.25, 0.3) is 5.91 Å². The molecule has 1 aliphatic heterocycles. The van der Waals surface area contributed by atoms with Crippen molar-refractivity contribution in [2.75, 3.05) is 18.4 Å². The van der Waals surface area contributed by atoms with E-state index >= 15 is 0 Å². The van der Waals surface area contributed by atoms with Gasteiger partial charge in [0.2, 0.25) is 0 Å². The Balaban J connectivity index is 1.63. The lowest BCUT2D eigenvalue weighted by Crippen LogP contribution is -2.38. The highest BCUT2D eigenvalue weighted by molar-refractivity contribution is 6.30. The van der Waals surface area contributed by atoms with E-state index in [1.807, 2.05) is 41.3 Å². The molecule has 0 atom stereocenters. The minimum Gasteiger partial charge on any atom is -0.381 e. The molecule has 1 fully saturated rings. The van der Waals surface area contributed by atoms with Crippen LogP contribution in [0.5, 0.6) is 0 Å². The van der Waals surface area contributed by atoms with E-state index in [0.29, 0.717) is 18.2 Å². The van der Waals surface area contributed by atoms with Crippen LogP contribution in [0.15, 0.2) is 42.6 Å².